The van der Waals surface area contributed by atoms with Gasteiger partial charge in [-0.1, -0.05) is 0 Å². The summed E-state index contributed by atoms with van der Waals surface area (Å²) in [6.45, 7) is 0. The van der Waals surface area contributed by atoms with Crippen molar-refractivity contribution in [1.29, 1.82) is 0 Å². The van der Waals surface area contributed by atoms with Crippen LogP contribution in [0.3, 0.4) is 0 Å². The van der Waals surface area contributed by atoms with E-state index in [2.05, 4.69) is 9.97 Å². The highest BCUT2D eigenvalue weighted by Crippen LogP contribution is 2.22. The molecule has 0 fully saturated rings. The Kier molecular flexibility index (Phi) is 2.73. The first-order valence-electron chi connectivity index (χ1n) is 5.13. The Morgan fingerprint density at radius 1 is 1.31 bits per heavy atom. The molecule has 2 rings (SSSR count). The van der Waals surface area contributed by atoms with Crippen LogP contribution < -0.4 is 5.56 Å². The Hall–Kier alpha value is -1.33. The molecule has 3 nitrogen and oxygen atoms in total. The first-order chi connectivity index (χ1) is 7.46. The summed E-state index contributed by atoms with van der Waals surface area (Å²) in [6.07, 6.45) is -3.19. The number of halogens is 3. The van der Waals surface area contributed by atoms with Crippen LogP contribution in [0.5, 0.6) is 0 Å². The number of aromatic nitrogens is 2. The van der Waals surface area contributed by atoms with Crippen molar-refractivity contribution < 1.29 is 13.2 Å². The predicted octanol–water partition coefficient (Wildman–Crippen LogP) is 1.75. The summed E-state index contributed by atoms with van der Waals surface area (Å²) < 4.78 is 36.0. The van der Waals surface area contributed by atoms with Crippen LogP contribution in [0.1, 0.15) is 29.9 Å². The molecule has 88 valence electrons. The van der Waals surface area contributed by atoms with Crippen molar-refractivity contribution in [2.75, 3.05) is 0 Å². The first-order valence-corrected chi connectivity index (χ1v) is 5.13. The fourth-order valence-corrected chi connectivity index (χ4v) is 1.87. The third kappa shape index (κ3) is 2.43. The van der Waals surface area contributed by atoms with Crippen LogP contribution >= 0.6 is 0 Å². The van der Waals surface area contributed by atoms with Gasteiger partial charge in [0.25, 0.3) is 5.56 Å². The SMILES string of the molecule is O=c1[nH]c(CCC(F)(F)F)nc2c1CCC2. The Bertz CT molecular complexity index is 450. The second-order valence-electron chi connectivity index (χ2n) is 3.91. The molecule has 0 saturated carbocycles. The van der Waals surface area contributed by atoms with Gasteiger partial charge in [-0.15, -0.1) is 0 Å². The summed E-state index contributed by atoms with van der Waals surface area (Å²) in [5, 5.41) is 0. The monoisotopic (exact) mass is 232 g/mol. The molecule has 0 aliphatic heterocycles. The van der Waals surface area contributed by atoms with Gasteiger partial charge in [-0.25, -0.2) is 4.98 Å². The van der Waals surface area contributed by atoms with Crippen molar-refractivity contribution in [1.82, 2.24) is 9.97 Å². The average molecular weight is 232 g/mol. The molecule has 0 unspecified atom stereocenters. The van der Waals surface area contributed by atoms with Crippen molar-refractivity contribution in [3.05, 3.63) is 27.4 Å². The molecule has 1 aliphatic carbocycles. The van der Waals surface area contributed by atoms with Crippen molar-refractivity contribution in [2.24, 2.45) is 0 Å². The van der Waals surface area contributed by atoms with Crippen LogP contribution in [0.2, 0.25) is 0 Å². The van der Waals surface area contributed by atoms with Crippen LogP contribution in [-0.2, 0) is 19.3 Å². The lowest BCUT2D eigenvalue weighted by Gasteiger charge is -2.06. The van der Waals surface area contributed by atoms with Gasteiger partial charge in [0.2, 0.25) is 0 Å². The van der Waals surface area contributed by atoms with Crippen LogP contribution in [-0.4, -0.2) is 16.1 Å². The van der Waals surface area contributed by atoms with Crippen molar-refractivity contribution in [2.45, 2.75) is 38.3 Å². The average Bonchev–Trinajstić information content (AvgIpc) is 2.62. The summed E-state index contributed by atoms with van der Waals surface area (Å²) in [5.41, 5.74) is 1.02. The molecule has 1 N–H and O–H groups in total. The highest BCUT2D eigenvalue weighted by atomic mass is 19.4. The Balaban J connectivity index is 2.18. The van der Waals surface area contributed by atoms with Crippen LogP contribution in [0.15, 0.2) is 4.79 Å². The number of hydrogen-bond donors (Lipinski definition) is 1. The van der Waals surface area contributed by atoms with E-state index in [1.54, 1.807) is 0 Å². The maximum atomic E-state index is 12.0. The number of hydrogen-bond acceptors (Lipinski definition) is 2. The van der Waals surface area contributed by atoms with Crippen molar-refractivity contribution in [3.63, 3.8) is 0 Å². The summed E-state index contributed by atoms with van der Waals surface area (Å²) in [5.74, 6) is 0.142. The molecule has 0 radical (unpaired) electrons. The molecule has 6 heteroatoms. The van der Waals surface area contributed by atoms with E-state index in [0.717, 1.165) is 6.42 Å². The second-order valence-corrected chi connectivity index (χ2v) is 3.91. The quantitative estimate of drug-likeness (QED) is 0.844. The number of rotatable bonds is 2. The molecular weight excluding hydrogens is 221 g/mol. The molecule has 1 aliphatic rings. The lowest BCUT2D eigenvalue weighted by Crippen LogP contribution is -2.19. The topological polar surface area (TPSA) is 45.8 Å². The predicted molar refractivity (Wildman–Crippen MR) is 51.3 cm³/mol. The van der Waals surface area contributed by atoms with E-state index in [9.17, 15) is 18.0 Å². The third-order valence-electron chi connectivity index (χ3n) is 2.64. The number of aryl methyl sites for hydroxylation is 2. The molecule has 0 aromatic carbocycles. The smallest absolute Gasteiger partial charge is 0.310 e. The number of alkyl halides is 3. The van der Waals surface area contributed by atoms with E-state index in [0.29, 0.717) is 24.1 Å². The van der Waals surface area contributed by atoms with E-state index in [1.807, 2.05) is 0 Å². The molecule has 0 bridgehead atoms. The highest BCUT2D eigenvalue weighted by molar-refractivity contribution is 5.22. The van der Waals surface area contributed by atoms with Crippen LogP contribution in [0.25, 0.3) is 0 Å². The lowest BCUT2D eigenvalue weighted by atomic mass is 10.2. The standard InChI is InChI=1S/C10H11F3N2O/c11-10(12,13)5-4-8-14-7-3-1-2-6(7)9(16)15-8/h1-5H2,(H,14,15,16). The number of H-pyrrole nitrogens is 1. The van der Waals surface area contributed by atoms with Crippen LogP contribution in [0, 0.1) is 0 Å². The Morgan fingerprint density at radius 2 is 2.06 bits per heavy atom. The molecule has 1 heterocycles. The minimum Gasteiger partial charge on any atom is -0.310 e. The van der Waals surface area contributed by atoms with Gasteiger partial charge < -0.3 is 4.98 Å². The fraction of sp³-hybridized carbons (Fsp3) is 0.600. The van der Waals surface area contributed by atoms with Gasteiger partial charge in [0.05, 0.1) is 12.1 Å². The number of fused-ring (bicyclic) bond motifs is 1. The van der Waals surface area contributed by atoms with E-state index in [4.69, 9.17) is 0 Å². The van der Waals surface area contributed by atoms with Crippen molar-refractivity contribution in [3.8, 4) is 0 Å². The normalized spacial score (nSPS) is 15.2. The van der Waals surface area contributed by atoms with Gasteiger partial charge in [0.1, 0.15) is 5.82 Å². The molecule has 0 atom stereocenters. The summed E-state index contributed by atoms with van der Waals surface area (Å²) in [7, 11) is 0. The van der Waals surface area contributed by atoms with E-state index >= 15 is 0 Å². The molecule has 0 amide bonds. The molecule has 1 aromatic rings. The maximum Gasteiger partial charge on any atom is 0.389 e. The molecule has 1 aromatic heterocycles. The van der Waals surface area contributed by atoms with Crippen molar-refractivity contribution >= 4 is 0 Å². The van der Waals surface area contributed by atoms with Gasteiger partial charge in [0.15, 0.2) is 0 Å². The number of nitrogens with zero attached hydrogens (tertiary/aromatic N) is 1. The van der Waals surface area contributed by atoms with E-state index < -0.39 is 12.6 Å². The zero-order valence-corrected chi connectivity index (χ0v) is 8.52. The second kappa shape index (κ2) is 3.92. The first kappa shape index (κ1) is 11.2. The minimum atomic E-state index is -4.21. The maximum absolute atomic E-state index is 12.0. The van der Waals surface area contributed by atoms with Crippen LogP contribution in [0.4, 0.5) is 13.2 Å². The lowest BCUT2D eigenvalue weighted by molar-refractivity contribution is -0.134. The number of aromatic amines is 1. The largest absolute Gasteiger partial charge is 0.389 e. The summed E-state index contributed by atoms with van der Waals surface area (Å²) in [4.78, 5) is 18.0. The number of nitrogens with one attached hydrogen (secondary N) is 1. The van der Waals surface area contributed by atoms with Gasteiger partial charge in [-0.2, -0.15) is 13.2 Å². The minimum absolute atomic E-state index is 0.142. The summed E-state index contributed by atoms with van der Waals surface area (Å²) in [6, 6.07) is 0. The Labute approximate surface area is 89.7 Å². The van der Waals surface area contributed by atoms with E-state index in [-0.39, 0.29) is 17.8 Å². The van der Waals surface area contributed by atoms with E-state index in [1.165, 1.54) is 0 Å². The molecule has 0 saturated heterocycles. The third-order valence-corrected chi connectivity index (χ3v) is 2.64. The summed E-state index contributed by atoms with van der Waals surface area (Å²) >= 11 is 0. The highest BCUT2D eigenvalue weighted by Gasteiger charge is 2.27. The van der Waals surface area contributed by atoms with Gasteiger partial charge in [0, 0.05) is 12.0 Å². The molecule has 16 heavy (non-hydrogen) atoms. The molecular formula is C10H11F3N2O. The van der Waals surface area contributed by atoms with Gasteiger partial charge in [-0.05, 0) is 19.3 Å². The Morgan fingerprint density at radius 3 is 2.75 bits per heavy atom. The molecule has 0 spiro atoms. The van der Waals surface area contributed by atoms with Gasteiger partial charge in [-0.3, -0.25) is 4.79 Å². The van der Waals surface area contributed by atoms with Gasteiger partial charge >= 0.3 is 6.18 Å². The fourth-order valence-electron chi connectivity index (χ4n) is 1.87. The zero-order chi connectivity index (χ0) is 11.8. The zero-order valence-electron chi connectivity index (χ0n) is 8.52.